The van der Waals surface area contributed by atoms with Crippen molar-refractivity contribution in [3.8, 4) is 0 Å². The van der Waals surface area contributed by atoms with E-state index in [2.05, 4.69) is 37.7 Å². The Morgan fingerprint density at radius 3 is 3.05 bits per heavy atom. The third-order valence-corrected chi connectivity index (χ3v) is 2.56. The highest BCUT2D eigenvalue weighted by molar-refractivity contribution is 5.91. The standard InChI is InChI=1S/C12H17N7O/c1-2-5-19-9-16-18-11(19)7-14-8-12(20)17-10-6-13-3-4-15-10/h3-4,6,9,14H,2,5,7-8H2,1H3,(H,15,17,20). The molecule has 106 valence electrons. The minimum atomic E-state index is -0.174. The van der Waals surface area contributed by atoms with Gasteiger partial charge in [0.25, 0.3) is 0 Å². The summed E-state index contributed by atoms with van der Waals surface area (Å²) in [5.41, 5.74) is 0. The number of amides is 1. The average molecular weight is 275 g/mol. The molecule has 0 saturated carbocycles. The molecule has 2 rings (SSSR count). The van der Waals surface area contributed by atoms with Gasteiger partial charge in [-0.3, -0.25) is 9.78 Å². The molecule has 20 heavy (non-hydrogen) atoms. The largest absolute Gasteiger partial charge is 0.317 e. The summed E-state index contributed by atoms with van der Waals surface area (Å²) in [4.78, 5) is 19.5. The number of carbonyl (C=O) groups excluding carboxylic acids is 1. The van der Waals surface area contributed by atoms with E-state index in [1.807, 2.05) is 4.57 Å². The van der Waals surface area contributed by atoms with Gasteiger partial charge in [0.05, 0.1) is 19.3 Å². The summed E-state index contributed by atoms with van der Waals surface area (Å²) in [6, 6.07) is 0. The Morgan fingerprint density at radius 2 is 2.30 bits per heavy atom. The quantitative estimate of drug-likeness (QED) is 0.749. The van der Waals surface area contributed by atoms with E-state index in [-0.39, 0.29) is 12.5 Å². The molecule has 2 heterocycles. The maximum atomic E-state index is 11.7. The van der Waals surface area contributed by atoms with Crippen LogP contribution in [0.2, 0.25) is 0 Å². The van der Waals surface area contributed by atoms with Crippen LogP contribution in [0.3, 0.4) is 0 Å². The molecular formula is C12H17N7O. The third-order valence-electron chi connectivity index (χ3n) is 2.56. The Kier molecular flexibility index (Phi) is 5.13. The molecule has 0 aromatic carbocycles. The van der Waals surface area contributed by atoms with Crippen molar-refractivity contribution in [3.63, 3.8) is 0 Å². The molecule has 0 aliphatic heterocycles. The molecular weight excluding hydrogens is 258 g/mol. The first kappa shape index (κ1) is 14.1. The van der Waals surface area contributed by atoms with Gasteiger partial charge in [-0.2, -0.15) is 0 Å². The Morgan fingerprint density at radius 1 is 1.40 bits per heavy atom. The van der Waals surface area contributed by atoms with Crippen molar-refractivity contribution in [2.45, 2.75) is 26.4 Å². The average Bonchev–Trinajstić information content (AvgIpc) is 2.88. The van der Waals surface area contributed by atoms with E-state index < -0.39 is 0 Å². The topological polar surface area (TPSA) is 97.6 Å². The van der Waals surface area contributed by atoms with Gasteiger partial charge in [0.15, 0.2) is 5.82 Å². The molecule has 0 radical (unpaired) electrons. The molecule has 0 fully saturated rings. The number of nitrogens with zero attached hydrogens (tertiary/aromatic N) is 5. The predicted octanol–water partition coefficient (Wildman–Crippen LogP) is 0.206. The Balaban J connectivity index is 1.75. The zero-order valence-electron chi connectivity index (χ0n) is 11.3. The van der Waals surface area contributed by atoms with E-state index in [9.17, 15) is 4.79 Å². The first-order chi connectivity index (χ1) is 9.79. The van der Waals surface area contributed by atoms with Crippen LogP contribution in [0.25, 0.3) is 0 Å². The van der Waals surface area contributed by atoms with Gasteiger partial charge in [-0.1, -0.05) is 6.92 Å². The van der Waals surface area contributed by atoms with E-state index in [0.717, 1.165) is 18.8 Å². The maximum Gasteiger partial charge on any atom is 0.239 e. The fourth-order valence-corrected chi connectivity index (χ4v) is 1.68. The smallest absolute Gasteiger partial charge is 0.239 e. The monoisotopic (exact) mass is 275 g/mol. The van der Waals surface area contributed by atoms with Crippen molar-refractivity contribution in [1.82, 2.24) is 30.0 Å². The fourth-order valence-electron chi connectivity index (χ4n) is 1.68. The lowest BCUT2D eigenvalue weighted by atomic mass is 10.4. The number of carbonyl (C=O) groups is 1. The van der Waals surface area contributed by atoms with Crippen LogP contribution in [0, 0.1) is 0 Å². The molecule has 2 aromatic heterocycles. The zero-order chi connectivity index (χ0) is 14.2. The highest BCUT2D eigenvalue weighted by Crippen LogP contribution is 1.98. The number of aryl methyl sites for hydroxylation is 1. The molecule has 8 nitrogen and oxygen atoms in total. The van der Waals surface area contributed by atoms with E-state index in [1.54, 1.807) is 12.5 Å². The molecule has 2 N–H and O–H groups in total. The summed E-state index contributed by atoms with van der Waals surface area (Å²) in [7, 11) is 0. The van der Waals surface area contributed by atoms with Crippen molar-refractivity contribution < 1.29 is 4.79 Å². The van der Waals surface area contributed by atoms with Crippen LogP contribution in [0.1, 0.15) is 19.2 Å². The molecule has 0 aliphatic carbocycles. The van der Waals surface area contributed by atoms with E-state index in [1.165, 1.54) is 12.4 Å². The molecule has 0 atom stereocenters. The lowest BCUT2D eigenvalue weighted by Gasteiger charge is -2.07. The third kappa shape index (κ3) is 4.09. The Bertz CT molecular complexity index is 540. The molecule has 0 spiro atoms. The van der Waals surface area contributed by atoms with Crippen molar-refractivity contribution in [1.29, 1.82) is 0 Å². The van der Waals surface area contributed by atoms with Gasteiger partial charge in [0.1, 0.15) is 12.2 Å². The number of hydrogen-bond acceptors (Lipinski definition) is 6. The molecule has 2 aromatic rings. The van der Waals surface area contributed by atoms with Gasteiger partial charge in [0, 0.05) is 18.9 Å². The number of aromatic nitrogens is 5. The Hall–Kier alpha value is -2.35. The summed E-state index contributed by atoms with van der Waals surface area (Å²) in [6.45, 7) is 3.63. The van der Waals surface area contributed by atoms with Gasteiger partial charge in [-0.15, -0.1) is 10.2 Å². The summed E-state index contributed by atoms with van der Waals surface area (Å²) in [6.07, 6.45) is 7.28. The van der Waals surface area contributed by atoms with E-state index >= 15 is 0 Å². The summed E-state index contributed by atoms with van der Waals surface area (Å²) in [5.74, 6) is 1.08. The van der Waals surface area contributed by atoms with Crippen LogP contribution in [-0.4, -0.2) is 37.2 Å². The molecule has 8 heteroatoms. The summed E-state index contributed by atoms with van der Waals surface area (Å²) in [5, 5.41) is 13.5. The van der Waals surface area contributed by atoms with Gasteiger partial charge in [-0.05, 0) is 6.42 Å². The van der Waals surface area contributed by atoms with Gasteiger partial charge >= 0.3 is 0 Å². The van der Waals surface area contributed by atoms with Crippen molar-refractivity contribution >= 4 is 11.7 Å². The fraction of sp³-hybridized carbons (Fsp3) is 0.417. The second kappa shape index (κ2) is 7.29. The van der Waals surface area contributed by atoms with Gasteiger partial charge in [-0.25, -0.2) is 4.98 Å². The highest BCUT2D eigenvalue weighted by atomic mass is 16.1. The van der Waals surface area contributed by atoms with Crippen LogP contribution in [0.4, 0.5) is 5.82 Å². The first-order valence-corrected chi connectivity index (χ1v) is 6.43. The lowest BCUT2D eigenvalue weighted by Crippen LogP contribution is -2.29. The number of rotatable bonds is 7. The minimum Gasteiger partial charge on any atom is -0.317 e. The van der Waals surface area contributed by atoms with Crippen LogP contribution < -0.4 is 10.6 Å². The molecule has 1 amide bonds. The Labute approximate surface area is 116 Å². The first-order valence-electron chi connectivity index (χ1n) is 6.43. The number of nitrogens with one attached hydrogen (secondary N) is 2. The zero-order valence-corrected chi connectivity index (χ0v) is 11.3. The van der Waals surface area contributed by atoms with E-state index in [0.29, 0.717) is 12.4 Å². The molecule has 0 saturated heterocycles. The molecule has 0 bridgehead atoms. The molecule has 0 aliphatic rings. The van der Waals surface area contributed by atoms with Crippen molar-refractivity contribution in [3.05, 3.63) is 30.7 Å². The number of hydrogen-bond donors (Lipinski definition) is 2. The van der Waals surface area contributed by atoms with Gasteiger partial charge < -0.3 is 15.2 Å². The van der Waals surface area contributed by atoms with Crippen LogP contribution in [0.15, 0.2) is 24.9 Å². The van der Waals surface area contributed by atoms with Crippen molar-refractivity contribution in [2.24, 2.45) is 0 Å². The highest BCUT2D eigenvalue weighted by Gasteiger charge is 2.06. The van der Waals surface area contributed by atoms with Crippen LogP contribution >= 0.6 is 0 Å². The van der Waals surface area contributed by atoms with Crippen LogP contribution in [0.5, 0.6) is 0 Å². The lowest BCUT2D eigenvalue weighted by molar-refractivity contribution is -0.115. The second-order valence-corrected chi connectivity index (χ2v) is 4.18. The minimum absolute atomic E-state index is 0.174. The normalized spacial score (nSPS) is 10.4. The number of anilines is 1. The second-order valence-electron chi connectivity index (χ2n) is 4.18. The van der Waals surface area contributed by atoms with Crippen LogP contribution in [-0.2, 0) is 17.9 Å². The molecule has 0 unspecified atom stereocenters. The summed E-state index contributed by atoms with van der Waals surface area (Å²) >= 11 is 0. The maximum absolute atomic E-state index is 11.7. The van der Waals surface area contributed by atoms with Gasteiger partial charge in [0.2, 0.25) is 5.91 Å². The summed E-state index contributed by atoms with van der Waals surface area (Å²) < 4.78 is 1.97. The van der Waals surface area contributed by atoms with Crippen molar-refractivity contribution in [2.75, 3.05) is 11.9 Å². The SMILES string of the molecule is CCCn1cnnc1CNCC(=O)Nc1cnccn1. The predicted molar refractivity (Wildman–Crippen MR) is 72.7 cm³/mol. The van der Waals surface area contributed by atoms with E-state index in [4.69, 9.17) is 0 Å².